The fourth-order valence-electron chi connectivity index (χ4n) is 3.54. The van der Waals surface area contributed by atoms with E-state index in [1.807, 2.05) is 0 Å². The van der Waals surface area contributed by atoms with Gasteiger partial charge in [0.25, 0.3) is 0 Å². The summed E-state index contributed by atoms with van der Waals surface area (Å²) < 4.78 is 0. The van der Waals surface area contributed by atoms with Gasteiger partial charge in [-0.1, -0.05) is 45.0 Å². The van der Waals surface area contributed by atoms with E-state index in [2.05, 4.69) is 49.9 Å². The van der Waals surface area contributed by atoms with Crippen molar-refractivity contribution in [2.75, 3.05) is 6.54 Å². The van der Waals surface area contributed by atoms with Gasteiger partial charge in [-0.05, 0) is 48.1 Å². The van der Waals surface area contributed by atoms with Crippen LogP contribution in [0.4, 0.5) is 0 Å². The summed E-state index contributed by atoms with van der Waals surface area (Å²) >= 11 is 0. The molecule has 0 bridgehead atoms. The second kappa shape index (κ2) is 5.73. The van der Waals surface area contributed by atoms with E-state index in [9.17, 15) is 5.11 Å². The van der Waals surface area contributed by atoms with Crippen LogP contribution in [0, 0.1) is 5.92 Å². The molecule has 116 valence electrons. The Labute approximate surface area is 129 Å². The van der Waals surface area contributed by atoms with Gasteiger partial charge in [0, 0.05) is 19.1 Å². The highest BCUT2D eigenvalue weighted by Gasteiger charge is 2.38. The van der Waals surface area contributed by atoms with E-state index in [1.54, 1.807) is 0 Å². The van der Waals surface area contributed by atoms with Crippen molar-refractivity contribution >= 4 is 0 Å². The lowest BCUT2D eigenvalue weighted by Gasteiger charge is -2.38. The van der Waals surface area contributed by atoms with Crippen LogP contribution < -0.4 is 0 Å². The van der Waals surface area contributed by atoms with Gasteiger partial charge in [0.1, 0.15) is 0 Å². The quantitative estimate of drug-likeness (QED) is 0.916. The molecule has 1 saturated heterocycles. The molecule has 0 unspecified atom stereocenters. The number of likely N-dealkylation sites (tertiary alicyclic amines) is 1. The summed E-state index contributed by atoms with van der Waals surface area (Å²) in [5.41, 5.74) is 3.04. The molecule has 0 radical (unpaired) electrons. The van der Waals surface area contributed by atoms with Gasteiger partial charge in [0.15, 0.2) is 0 Å². The van der Waals surface area contributed by atoms with E-state index in [1.165, 1.54) is 24.0 Å². The average molecular weight is 287 g/mol. The Morgan fingerprint density at radius 3 is 2.33 bits per heavy atom. The predicted molar refractivity (Wildman–Crippen MR) is 87.3 cm³/mol. The van der Waals surface area contributed by atoms with Crippen LogP contribution in [0.3, 0.4) is 0 Å². The van der Waals surface area contributed by atoms with Crippen LogP contribution in [0.5, 0.6) is 0 Å². The van der Waals surface area contributed by atoms with Crippen molar-refractivity contribution in [1.82, 2.24) is 4.90 Å². The minimum Gasteiger partial charge on any atom is -0.393 e. The van der Waals surface area contributed by atoms with Crippen molar-refractivity contribution in [2.45, 2.75) is 70.6 Å². The van der Waals surface area contributed by atoms with Crippen LogP contribution in [0.25, 0.3) is 0 Å². The first-order valence-electron chi connectivity index (χ1n) is 8.45. The molecule has 1 heterocycles. The van der Waals surface area contributed by atoms with Gasteiger partial charge >= 0.3 is 0 Å². The molecule has 1 aromatic carbocycles. The number of hydrogen-bond donors (Lipinski definition) is 1. The normalized spacial score (nSPS) is 27.8. The highest BCUT2D eigenvalue weighted by molar-refractivity contribution is 5.27. The molecule has 2 heteroatoms. The summed E-state index contributed by atoms with van der Waals surface area (Å²) in [7, 11) is 0. The fraction of sp³-hybridized carbons (Fsp3) is 0.684. The molecule has 1 aliphatic carbocycles. The van der Waals surface area contributed by atoms with Gasteiger partial charge in [-0.3, -0.25) is 4.90 Å². The first kappa shape index (κ1) is 15.1. The first-order chi connectivity index (χ1) is 9.93. The zero-order valence-corrected chi connectivity index (χ0v) is 13.7. The van der Waals surface area contributed by atoms with Crippen LogP contribution in [0.15, 0.2) is 24.3 Å². The predicted octanol–water partition coefficient (Wildman–Crippen LogP) is 3.72. The maximum Gasteiger partial charge on any atom is 0.0567 e. The van der Waals surface area contributed by atoms with Crippen molar-refractivity contribution in [1.29, 1.82) is 0 Å². The summed E-state index contributed by atoms with van der Waals surface area (Å²) in [6.45, 7) is 8.87. The summed E-state index contributed by atoms with van der Waals surface area (Å²) in [5, 5.41) is 9.94. The van der Waals surface area contributed by atoms with E-state index in [0.717, 1.165) is 31.8 Å². The van der Waals surface area contributed by atoms with E-state index in [-0.39, 0.29) is 11.5 Å². The number of nitrogens with zero attached hydrogens (tertiary/aromatic N) is 1. The largest absolute Gasteiger partial charge is 0.393 e. The second-order valence-corrected chi connectivity index (χ2v) is 8.00. The van der Waals surface area contributed by atoms with E-state index in [0.29, 0.717) is 6.04 Å². The summed E-state index contributed by atoms with van der Waals surface area (Å²) in [4.78, 5) is 2.61. The number of benzene rings is 1. The van der Waals surface area contributed by atoms with Gasteiger partial charge in [0.05, 0.1) is 6.10 Å². The Kier molecular flexibility index (Phi) is 4.11. The average Bonchev–Trinajstić information content (AvgIpc) is 3.25. The molecule has 1 N–H and O–H groups in total. The Morgan fingerprint density at radius 1 is 1.10 bits per heavy atom. The topological polar surface area (TPSA) is 23.5 Å². The second-order valence-electron chi connectivity index (χ2n) is 8.00. The SMILES string of the molecule is CC(C)(C)c1ccc(CN2CC[C@H](O)C[C@@H]2C2CC2)cc1. The zero-order valence-electron chi connectivity index (χ0n) is 13.7. The zero-order chi connectivity index (χ0) is 15.0. The molecule has 2 atom stereocenters. The Morgan fingerprint density at radius 2 is 1.76 bits per heavy atom. The molecular weight excluding hydrogens is 258 g/mol. The minimum absolute atomic E-state index is 0.0740. The molecular formula is C19H29NO. The highest BCUT2D eigenvalue weighted by atomic mass is 16.3. The van der Waals surface area contributed by atoms with E-state index < -0.39 is 0 Å². The molecule has 3 rings (SSSR count). The van der Waals surface area contributed by atoms with Crippen LogP contribution in [-0.4, -0.2) is 28.7 Å². The van der Waals surface area contributed by atoms with Crippen LogP contribution in [0.1, 0.15) is 57.6 Å². The van der Waals surface area contributed by atoms with Gasteiger partial charge in [-0.15, -0.1) is 0 Å². The van der Waals surface area contributed by atoms with Crippen molar-refractivity contribution in [3.8, 4) is 0 Å². The monoisotopic (exact) mass is 287 g/mol. The molecule has 1 aromatic rings. The highest BCUT2D eigenvalue weighted by Crippen LogP contribution is 2.40. The summed E-state index contributed by atoms with van der Waals surface area (Å²) in [5.74, 6) is 0.841. The van der Waals surface area contributed by atoms with Crippen molar-refractivity contribution < 1.29 is 5.11 Å². The lowest BCUT2D eigenvalue weighted by Crippen LogP contribution is -2.45. The molecule has 2 nitrogen and oxygen atoms in total. The molecule has 0 amide bonds. The molecule has 0 aromatic heterocycles. The van der Waals surface area contributed by atoms with Gasteiger partial charge in [0.2, 0.25) is 0 Å². The van der Waals surface area contributed by atoms with Crippen molar-refractivity contribution in [3.63, 3.8) is 0 Å². The molecule has 2 fully saturated rings. The lowest BCUT2D eigenvalue weighted by molar-refractivity contribution is 0.0283. The fourth-order valence-corrected chi connectivity index (χ4v) is 3.54. The molecule has 21 heavy (non-hydrogen) atoms. The van der Waals surface area contributed by atoms with Gasteiger partial charge in [-0.2, -0.15) is 0 Å². The third kappa shape index (κ3) is 3.67. The standard InChI is InChI=1S/C19H29NO/c1-19(2,3)16-8-4-14(5-9-16)13-20-11-10-17(21)12-18(20)15-6-7-15/h4-5,8-9,15,17-18,21H,6-7,10-13H2,1-3H3/t17-,18+/m0/s1. The maximum atomic E-state index is 9.94. The van der Waals surface area contributed by atoms with Gasteiger partial charge in [-0.25, -0.2) is 0 Å². The molecule has 1 saturated carbocycles. The van der Waals surface area contributed by atoms with Crippen molar-refractivity contribution in [3.05, 3.63) is 35.4 Å². The number of piperidine rings is 1. The third-order valence-corrected chi connectivity index (χ3v) is 5.10. The Balaban J connectivity index is 1.67. The number of hydrogen-bond acceptors (Lipinski definition) is 2. The Bertz CT molecular complexity index is 469. The van der Waals surface area contributed by atoms with Crippen molar-refractivity contribution in [2.24, 2.45) is 5.92 Å². The number of aliphatic hydroxyl groups is 1. The lowest BCUT2D eigenvalue weighted by atomic mass is 9.86. The van der Waals surface area contributed by atoms with Crippen LogP contribution in [0.2, 0.25) is 0 Å². The third-order valence-electron chi connectivity index (χ3n) is 5.10. The Hall–Kier alpha value is -0.860. The van der Waals surface area contributed by atoms with E-state index in [4.69, 9.17) is 0 Å². The van der Waals surface area contributed by atoms with Crippen LogP contribution in [-0.2, 0) is 12.0 Å². The van der Waals surface area contributed by atoms with Crippen LogP contribution >= 0.6 is 0 Å². The van der Waals surface area contributed by atoms with E-state index >= 15 is 0 Å². The molecule has 1 aliphatic heterocycles. The van der Waals surface area contributed by atoms with Gasteiger partial charge < -0.3 is 5.11 Å². The summed E-state index contributed by atoms with van der Waals surface area (Å²) in [6.07, 6.45) is 4.55. The first-order valence-corrected chi connectivity index (χ1v) is 8.45. The molecule has 2 aliphatic rings. The molecule has 0 spiro atoms. The maximum absolute atomic E-state index is 9.94. The number of rotatable bonds is 3. The minimum atomic E-state index is -0.0740. The smallest absolute Gasteiger partial charge is 0.0567 e. The summed E-state index contributed by atoms with van der Waals surface area (Å²) in [6, 6.07) is 9.74. The number of aliphatic hydroxyl groups excluding tert-OH is 1.